The van der Waals surface area contributed by atoms with E-state index in [1.165, 1.54) is 24.0 Å². The fraction of sp³-hybridized carbons (Fsp3) is 0.533. The maximum Gasteiger partial charge on any atom is 0.238 e. The van der Waals surface area contributed by atoms with Gasteiger partial charge < -0.3 is 11.1 Å². The molecule has 0 radical (unpaired) electrons. The number of likely N-dealkylation sites (tertiary alicyclic amines) is 1. The predicted octanol–water partition coefficient (Wildman–Crippen LogP) is 1.57. The van der Waals surface area contributed by atoms with Crippen molar-refractivity contribution in [3.05, 3.63) is 29.3 Å². The van der Waals surface area contributed by atoms with Crippen LogP contribution in [0.1, 0.15) is 24.0 Å². The van der Waals surface area contributed by atoms with Crippen molar-refractivity contribution in [3.63, 3.8) is 0 Å². The molecule has 1 aliphatic carbocycles. The highest BCUT2D eigenvalue weighted by atomic mass is 35.5. The molecular formula is C15H22ClN3O. The van der Waals surface area contributed by atoms with E-state index in [9.17, 15) is 4.79 Å². The van der Waals surface area contributed by atoms with E-state index in [2.05, 4.69) is 22.3 Å². The van der Waals surface area contributed by atoms with Crippen molar-refractivity contribution in [1.82, 2.24) is 4.90 Å². The second-order valence-electron chi connectivity index (χ2n) is 5.67. The number of nitrogens with two attached hydrogens (primary N) is 1. The average molecular weight is 296 g/mol. The highest BCUT2D eigenvalue weighted by molar-refractivity contribution is 5.92. The van der Waals surface area contributed by atoms with Gasteiger partial charge in [0.15, 0.2) is 0 Å². The van der Waals surface area contributed by atoms with Gasteiger partial charge >= 0.3 is 0 Å². The van der Waals surface area contributed by atoms with Crippen molar-refractivity contribution in [1.29, 1.82) is 0 Å². The third kappa shape index (κ3) is 3.51. The fourth-order valence-corrected chi connectivity index (χ4v) is 3.06. The number of anilines is 1. The van der Waals surface area contributed by atoms with Gasteiger partial charge in [-0.25, -0.2) is 0 Å². The lowest BCUT2D eigenvalue weighted by atomic mass is 10.1. The lowest BCUT2D eigenvalue weighted by Crippen LogP contribution is -2.33. The standard InChI is InChI=1S/C15H21N3O.ClH/c16-13-6-7-18(9-13)10-15(19)17-14-5-4-11-2-1-3-12(11)8-14;/h4-5,8,13H,1-3,6-7,9-10,16H2,(H,17,19);1H. The molecule has 1 unspecified atom stereocenters. The van der Waals surface area contributed by atoms with Gasteiger partial charge in [-0.3, -0.25) is 9.69 Å². The van der Waals surface area contributed by atoms with Crippen LogP contribution in [-0.2, 0) is 17.6 Å². The van der Waals surface area contributed by atoms with Crippen molar-refractivity contribution in [2.24, 2.45) is 5.73 Å². The van der Waals surface area contributed by atoms with E-state index in [0.717, 1.165) is 31.6 Å². The summed E-state index contributed by atoms with van der Waals surface area (Å²) in [5.74, 6) is 0.0621. The average Bonchev–Trinajstić information content (AvgIpc) is 2.97. The van der Waals surface area contributed by atoms with Crippen molar-refractivity contribution in [3.8, 4) is 0 Å². The second kappa shape index (κ2) is 6.57. The molecule has 2 aliphatic rings. The molecule has 3 rings (SSSR count). The number of hydrogen-bond acceptors (Lipinski definition) is 3. The Morgan fingerprint density at radius 3 is 2.90 bits per heavy atom. The Morgan fingerprint density at radius 1 is 1.35 bits per heavy atom. The number of fused-ring (bicyclic) bond motifs is 1. The number of amides is 1. The zero-order valence-electron chi connectivity index (χ0n) is 11.6. The van der Waals surface area contributed by atoms with Gasteiger partial charge in [-0.05, 0) is 48.9 Å². The first-order valence-corrected chi connectivity index (χ1v) is 7.10. The van der Waals surface area contributed by atoms with E-state index in [1.807, 2.05) is 6.07 Å². The summed E-state index contributed by atoms with van der Waals surface area (Å²) < 4.78 is 0. The molecule has 1 aromatic carbocycles. The van der Waals surface area contributed by atoms with Crippen LogP contribution in [-0.4, -0.2) is 36.5 Å². The molecule has 110 valence electrons. The minimum absolute atomic E-state index is 0. The van der Waals surface area contributed by atoms with Crippen LogP contribution in [0, 0.1) is 0 Å². The van der Waals surface area contributed by atoms with E-state index >= 15 is 0 Å². The van der Waals surface area contributed by atoms with Gasteiger partial charge in [-0.1, -0.05) is 6.07 Å². The van der Waals surface area contributed by atoms with Gasteiger partial charge in [-0.2, -0.15) is 0 Å². The van der Waals surface area contributed by atoms with Gasteiger partial charge in [0.25, 0.3) is 0 Å². The summed E-state index contributed by atoms with van der Waals surface area (Å²) >= 11 is 0. The third-order valence-electron chi connectivity index (χ3n) is 4.06. The zero-order chi connectivity index (χ0) is 13.2. The lowest BCUT2D eigenvalue weighted by molar-refractivity contribution is -0.117. The highest BCUT2D eigenvalue weighted by Gasteiger charge is 2.21. The van der Waals surface area contributed by atoms with Crippen LogP contribution in [0.5, 0.6) is 0 Å². The van der Waals surface area contributed by atoms with Crippen LogP contribution in [0.4, 0.5) is 5.69 Å². The molecule has 0 saturated carbocycles. The molecular weight excluding hydrogens is 274 g/mol. The normalized spacial score (nSPS) is 21.4. The molecule has 20 heavy (non-hydrogen) atoms. The maximum atomic E-state index is 12.0. The van der Waals surface area contributed by atoms with E-state index in [4.69, 9.17) is 5.73 Å². The Labute approximate surface area is 126 Å². The van der Waals surface area contributed by atoms with Crippen molar-refractivity contribution in [2.45, 2.75) is 31.7 Å². The number of benzene rings is 1. The molecule has 1 aromatic rings. The molecule has 1 amide bonds. The molecule has 0 aromatic heterocycles. The minimum atomic E-state index is 0. The molecule has 1 saturated heterocycles. The topological polar surface area (TPSA) is 58.4 Å². The van der Waals surface area contributed by atoms with E-state index in [0.29, 0.717) is 6.54 Å². The largest absolute Gasteiger partial charge is 0.326 e. The number of nitrogens with zero attached hydrogens (tertiary/aromatic N) is 1. The molecule has 0 spiro atoms. The van der Waals surface area contributed by atoms with Crippen LogP contribution in [0.15, 0.2) is 18.2 Å². The van der Waals surface area contributed by atoms with Gasteiger partial charge in [0, 0.05) is 24.8 Å². The van der Waals surface area contributed by atoms with Crippen LogP contribution in [0.3, 0.4) is 0 Å². The van der Waals surface area contributed by atoms with E-state index in [1.54, 1.807) is 0 Å². The van der Waals surface area contributed by atoms with Gasteiger partial charge in [-0.15, -0.1) is 12.4 Å². The Morgan fingerprint density at radius 2 is 2.15 bits per heavy atom. The Hall–Kier alpha value is -1.10. The molecule has 1 aliphatic heterocycles. The Kier molecular flexibility index (Phi) is 5.02. The predicted molar refractivity (Wildman–Crippen MR) is 83.4 cm³/mol. The second-order valence-corrected chi connectivity index (χ2v) is 5.67. The monoisotopic (exact) mass is 295 g/mol. The van der Waals surface area contributed by atoms with Crippen LogP contribution in [0.2, 0.25) is 0 Å². The summed E-state index contributed by atoms with van der Waals surface area (Å²) in [4.78, 5) is 14.1. The molecule has 5 heteroatoms. The Bertz CT molecular complexity index is 492. The fourth-order valence-electron chi connectivity index (χ4n) is 3.06. The lowest BCUT2D eigenvalue weighted by Gasteiger charge is -2.15. The summed E-state index contributed by atoms with van der Waals surface area (Å²) in [7, 11) is 0. The van der Waals surface area contributed by atoms with E-state index < -0.39 is 0 Å². The summed E-state index contributed by atoms with van der Waals surface area (Å²) in [5, 5.41) is 2.99. The van der Waals surface area contributed by atoms with Gasteiger partial charge in [0.2, 0.25) is 5.91 Å². The van der Waals surface area contributed by atoms with Gasteiger partial charge in [0.05, 0.1) is 6.54 Å². The smallest absolute Gasteiger partial charge is 0.238 e. The van der Waals surface area contributed by atoms with Crippen LogP contribution >= 0.6 is 12.4 Å². The first-order valence-electron chi connectivity index (χ1n) is 7.10. The highest BCUT2D eigenvalue weighted by Crippen LogP contribution is 2.24. The summed E-state index contributed by atoms with van der Waals surface area (Å²) in [6.07, 6.45) is 4.54. The van der Waals surface area contributed by atoms with Crippen molar-refractivity contribution in [2.75, 3.05) is 25.0 Å². The summed E-state index contributed by atoms with van der Waals surface area (Å²) in [5.41, 5.74) is 9.59. The Balaban J connectivity index is 0.00000147. The number of nitrogens with one attached hydrogen (secondary N) is 1. The molecule has 1 heterocycles. The number of halogens is 1. The van der Waals surface area contributed by atoms with Crippen molar-refractivity contribution < 1.29 is 4.79 Å². The number of rotatable bonds is 3. The summed E-state index contributed by atoms with van der Waals surface area (Å²) in [6, 6.07) is 6.50. The SMILES string of the molecule is Cl.NC1CCN(CC(=O)Nc2ccc3c(c2)CCC3)C1. The number of carbonyl (C=O) groups is 1. The molecule has 1 atom stereocenters. The number of carbonyl (C=O) groups excluding carboxylic acids is 1. The van der Waals surface area contributed by atoms with Gasteiger partial charge in [0.1, 0.15) is 0 Å². The molecule has 4 nitrogen and oxygen atoms in total. The summed E-state index contributed by atoms with van der Waals surface area (Å²) in [6.45, 7) is 2.21. The minimum Gasteiger partial charge on any atom is -0.326 e. The zero-order valence-corrected chi connectivity index (χ0v) is 12.4. The van der Waals surface area contributed by atoms with E-state index in [-0.39, 0.29) is 24.4 Å². The first kappa shape index (κ1) is 15.3. The van der Waals surface area contributed by atoms with Crippen LogP contribution in [0.25, 0.3) is 0 Å². The molecule has 1 fully saturated rings. The number of aryl methyl sites for hydroxylation is 2. The first-order chi connectivity index (χ1) is 9.20. The molecule has 3 N–H and O–H groups in total. The third-order valence-corrected chi connectivity index (χ3v) is 4.06. The quantitative estimate of drug-likeness (QED) is 0.890. The van der Waals surface area contributed by atoms with Crippen molar-refractivity contribution >= 4 is 24.0 Å². The maximum absolute atomic E-state index is 12.0. The molecule has 0 bridgehead atoms. The van der Waals surface area contributed by atoms with Crippen LogP contribution < -0.4 is 11.1 Å². The number of hydrogen-bond donors (Lipinski definition) is 2.